The Morgan fingerprint density at radius 2 is 2.09 bits per heavy atom. The van der Waals surface area contributed by atoms with Gasteiger partial charge in [-0.25, -0.2) is 0 Å². The number of nitrogens with one attached hydrogen (secondary N) is 1. The first-order valence-electron chi connectivity index (χ1n) is 7.42. The summed E-state index contributed by atoms with van der Waals surface area (Å²) in [4.78, 5) is 18.0. The quantitative estimate of drug-likeness (QED) is 0.527. The second-order valence-corrected chi connectivity index (χ2v) is 5.68. The van der Waals surface area contributed by atoms with Gasteiger partial charge in [0, 0.05) is 31.7 Å². The number of guanidine groups is 1. The fourth-order valence-corrected chi connectivity index (χ4v) is 2.84. The van der Waals surface area contributed by atoms with Gasteiger partial charge >= 0.3 is 5.97 Å². The Bertz CT molecular complexity index is 540. The first-order chi connectivity index (χ1) is 10.7. The maximum Gasteiger partial charge on any atom is 0.308 e. The number of aliphatic imine (C=N–C) groups is 1. The molecule has 0 bridgehead atoms. The molecular formula is C16H22ClN3O2. The molecule has 1 aromatic rings. The molecule has 120 valence electrons. The van der Waals surface area contributed by atoms with Crippen molar-refractivity contribution in [2.75, 3.05) is 27.2 Å². The van der Waals surface area contributed by atoms with Crippen LogP contribution in [0, 0.1) is 5.92 Å². The molecular weight excluding hydrogens is 302 g/mol. The van der Waals surface area contributed by atoms with E-state index in [9.17, 15) is 4.79 Å². The Hall–Kier alpha value is -1.75. The number of rotatable bonds is 3. The molecule has 5 nitrogen and oxygen atoms in total. The van der Waals surface area contributed by atoms with Gasteiger partial charge in [0.2, 0.25) is 0 Å². The highest BCUT2D eigenvalue weighted by Gasteiger charge is 2.26. The van der Waals surface area contributed by atoms with E-state index >= 15 is 0 Å². The fraction of sp³-hybridized carbons (Fsp3) is 0.500. The highest BCUT2D eigenvalue weighted by Crippen LogP contribution is 2.19. The summed E-state index contributed by atoms with van der Waals surface area (Å²) in [5, 5.41) is 4.07. The molecule has 0 spiro atoms. The molecule has 1 N–H and O–H groups in total. The fourth-order valence-electron chi connectivity index (χ4n) is 2.64. The van der Waals surface area contributed by atoms with Crippen LogP contribution in [0.15, 0.2) is 29.3 Å². The lowest BCUT2D eigenvalue weighted by Gasteiger charge is -2.33. The van der Waals surface area contributed by atoms with Crippen LogP contribution in [-0.4, -0.2) is 44.1 Å². The van der Waals surface area contributed by atoms with Crippen molar-refractivity contribution in [1.82, 2.24) is 10.2 Å². The zero-order valence-corrected chi connectivity index (χ0v) is 13.8. The van der Waals surface area contributed by atoms with Gasteiger partial charge in [0.1, 0.15) is 0 Å². The molecule has 0 saturated carbocycles. The summed E-state index contributed by atoms with van der Waals surface area (Å²) in [6.07, 6.45) is 1.58. The second-order valence-electron chi connectivity index (χ2n) is 5.28. The van der Waals surface area contributed by atoms with Crippen molar-refractivity contribution in [3.05, 3.63) is 34.9 Å². The molecule has 0 atom stereocenters. The Morgan fingerprint density at radius 1 is 1.41 bits per heavy atom. The van der Waals surface area contributed by atoms with Crippen molar-refractivity contribution in [2.45, 2.75) is 19.4 Å². The average molecular weight is 324 g/mol. The van der Waals surface area contributed by atoms with E-state index in [1.165, 1.54) is 7.11 Å². The van der Waals surface area contributed by atoms with Crippen molar-refractivity contribution in [3.63, 3.8) is 0 Å². The number of likely N-dealkylation sites (tertiary alicyclic amines) is 1. The highest BCUT2D eigenvalue weighted by atomic mass is 35.5. The van der Waals surface area contributed by atoms with E-state index in [1.54, 1.807) is 7.05 Å². The van der Waals surface area contributed by atoms with E-state index < -0.39 is 0 Å². The first kappa shape index (κ1) is 16.6. The van der Waals surface area contributed by atoms with Crippen molar-refractivity contribution in [1.29, 1.82) is 0 Å². The number of nitrogens with zero attached hydrogens (tertiary/aromatic N) is 2. The second kappa shape index (κ2) is 8.03. The Balaban J connectivity index is 1.88. The molecule has 1 saturated heterocycles. The van der Waals surface area contributed by atoms with E-state index in [2.05, 4.69) is 15.2 Å². The monoisotopic (exact) mass is 323 g/mol. The van der Waals surface area contributed by atoms with E-state index in [0.29, 0.717) is 6.54 Å². The van der Waals surface area contributed by atoms with Crippen LogP contribution in [0.1, 0.15) is 18.4 Å². The third-order valence-electron chi connectivity index (χ3n) is 3.94. The van der Waals surface area contributed by atoms with Crippen LogP contribution in [-0.2, 0) is 16.1 Å². The number of ether oxygens (including phenoxy) is 1. The molecule has 6 heteroatoms. The summed E-state index contributed by atoms with van der Waals surface area (Å²) in [7, 11) is 3.21. The maximum atomic E-state index is 11.6. The third-order valence-corrected chi connectivity index (χ3v) is 4.30. The Morgan fingerprint density at radius 3 is 2.68 bits per heavy atom. The summed E-state index contributed by atoms with van der Waals surface area (Å²) in [6.45, 7) is 2.22. The molecule has 0 unspecified atom stereocenters. The molecule has 1 aliphatic rings. The number of hydrogen-bond donors (Lipinski definition) is 1. The first-order valence-corrected chi connectivity index (χ1v) is 7.80. The van der Waals surface area contributed by atoms with Gasteiger partial charge in [-0.1, -0.05) is 29.8 Å². The molecule has 22 heavy (non-hydrogen) atoms. The minimum absolute atomic E-state index is 0.00271. The van der Waals surface area contributed by atoms with Crippen LogP contribution in [0.4, 0.5) is 0 Å². The number of halogens is 1. The summed E-state index contributed by atoms with van der Waals surface area (Å²) < 4.78 is 4.81. The Kier molecular flexibility index (Phi) is 6.07. The van der Waals surface area contributed by atoms with Gasteiger partial charge in [0.25, 0.3) is 0 Å². The van der Waals surface area contributed by atoms with Gasteiger partial charge in [-0.3, -0.25) is 9.79 Å². The summed E-state index contributed by atoms with van der Waals surface area (Å²) in [6, 6.07) is 7.75. The molecule has 0 aromatic heterocycles. The van der Waals surface area contributed by atoms with E-state index in [4.69, 9.17) is 16.3 Å². The molecule has 0 radical (unpaired) electrons. The zero-order chi connectivity index (χ0) is 15.9. The lowest BCUT2D eigenvalue weighted by atomic mass is 9.97. The number of piperidine rings is 1. The lowest BCUT2D eigenvalue weighted by Crippen LogP contribution is -2.46. The van der Waals surface area contributed by atoms with Gasteiger partial charge in [-0.2, -0.15) is 0 Å². The zero-order valence-electron chi connectivity index (χ0n) is 13.0. The minimum Gasteiger partial charge on any atom is -0.469 e. The van der Waals surface area contributed by atoms with Crippen LogP contribution >= 0.6 is 11.6 Å². The van der Waals surface area contributed by atoms with Gasteiger partial charge < -0.3 is 15.0 Å². The molecule has 2 rings (SSSR count). The van der Waals surface area contributed by atoms with Crippen LogP contribution in [0.5, 0.6) is 0 Å². The molecule has 0 amide bonds. The lowest BCUT2D eigenvalue weighted by molar-refractivity contribution is -0.146. The van der Waals surface area contributed by atoms with Crippen molar-refractivity contribution in [3.8, 4) is 0 Å². The highest BCUT2D eigenvalue weighted by molar-refractivity contribution is 6.31. The number of benzene rings is 1. The third kappa shape index (κ3) is 4.13. The minimum atomic E-state index is -0.112. The van der Waals surface area contributed by atoms with Gasteiger partial charge in [0.15, 0.2) is 5.96 Å². The molecule has 1 aromatic carbocycles. The Labute approximate surface area is 136 Å². The van der Waals surface area contributed by atoms with E-state index in [0.717, 1.165) is 42.5 Å². The molecule has 1 heterocycles. The SMILES string of the molecule is CN=C(NCc1ccccc1Cl)N1CCC(C(=O)OC)CC1. The van der Waals surface area contributed by atoms with Crippen molar-refractivity contribution in [2.24, 2.45) is 10.9 Å². The topological polar surface area (TPSA) is 53.9 Å². The van der Waals surface area contributed by atoms with Crippen molar-refractivity contribution < 1.29 is 9.53 Å². The normalized spacial score (nSPS) is 16.5. The predicted molar refractivity (Wildman–Crippen MR) is 88.0 cm³/mol. The number of carbonyl (C=O) groups is 1. The van der Waals surface area contributed by atoms with E-state index in [-0.39, 0.29) is 11.9 Å². The number of hydrogen-bond acceptors (Lipinski definition) is 3. The molecule has 0 aliphatic carbocycles. The van der Waals surface area contributed by atoms with Crippen molar-refractivity contribution >= 4 is 23.5 Å². The molecule has 1 aliphatic heterocycles. The number of carbonyl (C=O) groups excluding carboxylic acids is 1. The predicted octanol–water partition coefficient (Wildman–Crippen LogP) is 2.30. The number of methoxy groups -OCH3 is 1. The van der Waals surface area contributed by atoms with Crippen LogP contribution < -0.4 is 5.32 Å². The average Bonchev–Trinajstić information content (AvgIpc) is 2.56. The smallest absolute Gasteiger partial charge is 0.308 e. The van der Waals surface area contributed by atoms with Gasteiger partial charge in [0.05, 0.1) is 13.0 Å². The van der Waals surface area contributed by atoms with E-state index in [1.807, 2.05) is 24.3 Å². The number of esters is 1. The summed E-state index contributed by atoms with van der Waals surface area (Å²) >= 11 is 6.16. The maximum absolute atomic E-state index is 11.6. The van der Waals surface area contributed by atoms with Crippen LogP contribution in [0.25, 0.3) is 0 Å². The largest absolute Gasteiger partial charge is 0.469 e. The van der Waals surface area contributed by atoms with Gasteiger partial charge in [-0.05, 0) is 24.5 Å². The van der Waals surface area contributed by atoms with Gasteiger partial charge in [-0.15, -0.1) is 0 Å². The summed E-state index contributed by atoms with van der Waals surface area (Å²) in [5.41, 5.74) is 1.04. The van der Waals surface area contributed by atoms with Crippen LogP contribution in [0.2, 0.25) is 5.02 Å². The van der Waals surface area contributed by atoms with Crippen LogP contribution in [0.3, 0.4) is 0 Å². The summed E-state index contributed by atoms with van der Waals surface area (Å²) in [5.74, 6) is 0.727. The molecule has 1 fully saturated rings. The standard InChI is InChI=1S/C16H22ClN3O2/c1-18-16(19-11-13-5-3-4-6-14(13)17)20-9-7-12(8-10-20)15(21)22-2/h3-6,12H,7-11H2,1-2H3,(H,18,19).